The highest BCUT2D eigenvalue weighted by molar-refractivity contribution is 6.11. The number of hydrogen-bond donors (Lipinski definition) is 3. The van der Waals surface area contributed by atoms with Gasteiger partial charge < -0.3 is 20.4 Å². The lowest BCUT2D eigenvalue weighted by atomic mass is 9.94. The third-order valence-corrected chi connectivity index (χ3v) is 6.02. The highest BCUT2D eigenvalue weighted by Crippen LogP contribution is 2.28. The zero-order valence-electron chi connectivity index (χ0n) is 16.6. The molecule has 0 spiro atoms. The van der Waals surface area contributed by atoms with E-state index in [1.807, 2.05) is 16.6 Å². The van der Waals surface area contributed by atoms with Crippen molar-refractivity contribution < 1.29 is 9.53 Å². The van der Waals surface area contributed by atoms with Crippen molar-refractivity contribution >= 4 is 34.9 Å². The van der Waals surface area contributed by atoms with Gasteiger partial charge in [-0.2, -0.15) is 5.10 Å². The van der Waals surface area contributed by atoms with Crippen molar-refractivity contribution in [2.75, 3.05) is 26.3 Å². The maximum absolute atomic E-state index is 13.1. The average Bonchev–Trinajstić information content (AvgIpc) is 3.13. The second-order valence-electron chi connectivity index (χ2n) is 7.90. The first kappa shape index (κ1) is 20.8. The molecule has 2 aromatic heterocycles. The summed E-state index contributed by atoms with van der Waals surface area (Å²) in [7, 11) is 0. The number of aromatic nitrogens is 3. The lowest BCUT2D eigenvalue weighted by Crippen LogP contribution is -2.38. The quantitative estimate of drug-likeness (QED) is 0.588. The number of nitrogens with zero attached hydrogens (tertiary/aromatic N) is 2. The van der Waals surface area contributed by atoms with Crippen LogP contribution < -0.4 is 16.2 Å². The smallest absolute Gasteiger partial charge is 0.252 e. The number of hydrogen-bond acceptors (Lipinski definition) is 5. The molecule has 0 aliphatic carbocycles. The van der Waals surface area contributed by atoms with E-state index < -0.39 is 0 Å². The van der Waals surface area contributed by atoms with Gasteiger partial charge in [-0.15, -0.1) is 12.4 Å². The summed E-state index contributed by atoms with van der Waals surface area (Å²) >= 11 is 0. The Bertz CT molecular complexity index is 1110. The fraction of sp³-hybridized carbons (Fsp3) is 0.476. The van der Waals surface area contributed by atoms with Crippen molar-refractivity contribution in [2.24, 2.45) is 0 Å². The molecular formula is C21H26ClN5O3. The number of nitrogens with one attached hydrogen (secondary N) is 3. The number of H-pyrrole nitrogens is 1. The predicted octanol–water partition coefficient (Wildman–Crippen LogP) is 1.97. The standard InChI is InChI=1S/C21H25N5O3.ClH/c27-18-12-17(13-4-8-22-9-5-13)26-20(24-18)19-15(2-1-3-16(19)25-26)21(28)23-14-6-10-29-11-7-14;/h1-3,12-14,22H,4-11H2,(H,23,28)(H,24,27);1H. The van der Waals surface area contributed by atoms with E-state index in [9.17, 15) is 9.59 Å². The summed E-state index contributed by atoms with van der Waals surface area (Å²) in [6.45, 7) is 3.19. The predicted molar refractivity (Wildman–Crippen MR) is 117 cm³/mol. The van der Waals surface area contributed by atoms with Crippen LogP contribution in [0.4, 0.5) is 0 Å². The van der Waals surface area contributed by atoms with Crippen LogP contribution in [-0.4, -0.2) is 52.9 Å². The van der Waals surface area contributed by atoms with Crippen LogP contribution in [0.15, 0.2) is 29.1 Å². The molecule has 1 amide bonds. The molecule has 3 N–H and O–H groups in total. The van der Waals surface area contributed by atoms with Crippen LogP contribution in [0, 0.1) is 0 Å². The van der Waals surface area contributed by atoms with Gasteiger partial charge in [-0.3, -0.25) is 9.59 Å². The van der Waals surface area contributed by atoms with Gasteiger partial charge in [0.05, 0.1) is 22.2 Å². The Kier molecular flexibility index (Phi) is 6.08. The number of rotatable bonds is 3. The van der Waals surface area contributed by atoms with Gasteiger partial charge in [0, 0.05) is 31.2 Å². The van der Waals surface area contributed by atoms with Gasteiger partial charge in [0.1, 0.15) is 5.65 Å². The topological polar surface area (TPSA) is 101 Å². The Labute approximate surface area is 179 Å². The van der Waals surface area contributed by atoms with Crippen molar-refractivity contribution in [3.05, 3.63) is 45.9 Å². The largest absolute Gasteiger partial charge is 0.381 e. The van der Waals surface area contributed by atoms with Crippen molar-refractivity contribution in [3.63, 3.8) is 0 Å². The minimum absolute atomic E-state index is 0. The minimum Gasteiger partial charge on any atom is -0.381 e. The van der Waals surface area contributed by atoms with Gasteiger partial charge in [0.25, 0.3) is 11.5 Å². The molecule has 9 heteroatoms. The number of aromatic amines is 1. The Morgan fingerprint density at radius 3 is 2.70 bits per heavy atom. The van der Waals surface area contributed by atoms with E-state index in [1.165, 1.54) is 0 Å². The molecule has 0 saturated carbocycles. The Morgan fingerprint density at radius 1 is 1.17 bits per heavy atom. The fourth-order valence-corrected chi connectivity index (χ4v) is 4.49. The van der Waals surface area contributed by atoms with Crippen molar-refractivity contribution in [3.8, 4) is 0 Å². The molecule has 2 fully saturated rings. The molecule has 2 aliphatic heterocycles. The number of carbonyl (C=O) groups is 1. The van der Waals surface area contributed by atoms with Crippen LogP contribution in [-0.2, 0) is 4.74 Å². The number of piperidine rings is 1. The van der Waals surface area contributed by atoms with E-state index >= 15 is 0 Å². The average molecular weight is 432 g/mol. The van der Waals surface area contributed by atoms with Crippen molar-refractivity contribution in [1.29, 1.82) is 0 Å². The SMILES string of the molecule is Cl.O=C(NC1CCOCC1)c1cccc2nn3c(C4CCNCC4)cc(=O)[nH]c3c12. The summed E-state index contributed by atoms with van der Waals surface area (Å²) in [6, 6.07) is 7.29. The van der Waals surface area contributed by atoms with Gasteiger partial charge in [-0.1, -0.05) is 6.07 Å². The van der Waals surface area contributed by atoms with Crippen LogP contribution in [0.2, 0.25) is 0 Å². The molecule has 1 aromatic carbocycles. The van der Waals surface area contributed by atoms with E-state index in [2.05, 4.69) is 15.6 Å². The van der Waals surface area contributed by atoms with Crippen LogP contribution in [0.25, 0.3) is 16.6 Å². The maximum Gasteiger partial charge on any atom is 0.252 e. The van der Waals surface area contributed by atoms with E-state index in [0.717, 1.165) is 44.5 Å². The fourth-order valence-electron chi connectivity index (χ4n) is 4.49. The summed E-state index contributed by atoms with van der Waals surface area (Å²) in [5, 5.41) is 11.9. The Hall–Kier alpha value is -2.42. The number of benzene rings is 1. The molecular weight excluding hydrogens is 406 g/mol. The Balaban J connectivity index is 0.00000218. The number of fused-ring (bicyclic) bond motifs is 3. The zero-order chi connectivity index (χ0) is 19.8. The van der Waals surface area contributed by atoms with Crippen molar-refractivity contribution in [1.82, 2.24) is 25.2 Å². The first-order valence-electron chi connectivity index (χ1n) is 10.3. The van der Waals surface area contributed by atoms with Gasteiger partial charge in [-0.25, -0.2) is 4.52 Å². The molecule has 4 heterocycles. The number of amides is 1. The highest BCUT2D eigenvalue weighted by Gasteiger charge is 2.24. The maximum atomic E-state index is 13.1. The zero-order valence-corrected chi connectivity index (χ0v) is 17.5. The van der Waals surface area contributed by atoms with Gasteiger partial charge >= 0.3 is 0 Å². The molecule has 0 atom stereocenters. The molecule has 0 radical (unpaired) electrons. The molecule has 0 unspecified atom stereocenters. The second kappa shape index (κ2) is 8.75. The molecule has 0 bridgehead atoms. The van der Waals surface area contributed by atoms with Gasteiger partial charge in [0.15, 0.2) is 0 Å². The summed E-state index contributed by atoms with van der Waals surface area (Å²) in [4.78, 5) is 28.4. The number of ether oxygens (including phenoxy) is 1. The molecule has 160 valence electrons. The first-order chi connectivity index (χ1) is 14.2. The van der Waals surface area contributed by atoms with E-state index in [1.54, 1.807) is 12.1 Å². The molecule has 2 aliphatic rings. The Morgan fingerprint density at radius 2 is 1.93 bits per heavy atom. The molecule has 8 nitrogen and oxygen atoms in total. The van der Waals surface area contributed by atoms with Gasteiger partial charge in [0.2, 0.25) is 0 Å². The van der Waals surface area contributed by atoms with Crippen LogP contribution in [0.5, 0.6) is 0 Å². The van der Waals surface area contributed by atoms with Crippen molar-refractivity contribution in [2.45, 2.75) is 37.6 Å². The molecule has 2 saturated heterocycles. The summed E-state index contributed by atoms with van der Waals surface area (Å²) in [6.07, 6.45) is 3.55. The second-order valence-corrected chi connectivity index (χ2v) is 7.90. The first-order valence-corrected chi connectivity index (χ1v) is 10.3. The lowest BCUT2D eigenvalue weighted by Gasteiger charge is -2.23. The number of carbonyl (C=O) groups excluding carboxylic acids is 1. The highest BCUT2D eigenvalue weighted by atomic mass is 35.5. The number of halogens is 1. The van der Waals surface area contributed by atoms with E-state index in [-0.39, 0.29) is 35.8 Å². The summed E-state index contributed by atoms with van der Waals surface area (Å²) in [5.74, 6) is 0.139. The van der Waals surface area contributed by atoms with E-state index in [0.29, 0.717) is 35.3 Å². The van der Waals surface area contributed by atoms with Crippen LogP contribution in [0.3, 0.4) is 0 Å². The minimum atomic E-state index is -0.160. The third-order valence-electron chi connectivity index (χ3n) is 6.02. The van der Waals surface area contributed by atoms with E-state index in [4.69, 9.17) is 9.84 Å². The third kappa shape index (κ3) is 3.82. The lowest BCUT2D eigenvalue weighted by molar-refractivity contribution is 0.0697. The molecule has 3 aromatic rings. The summed E-state index contributed by atoms with van der Waals surface area (Å²) < 4.78 is 7.20. The molecule has 5 rings (SSSR count). The van der Waals surface area contributed by atoms with Crippen LogP contribution >= 0.6 is 12.4 Å². The summed E-state index contributed by atoms with van der Waals surface area (Å²) in [5.41, 5.74) is 2.60. The normalized spacial score (nSPS) is 18.4. The van der Waals surface area contributed by atoms with Gasteiger partial charge in [-0.05, 0) is 50.9 Å². The van der Waals surface area contributed by atoms with Crippen LogP contribution in [0.1, 0.15) is 47.7 Å². The monoisotopic (exact) mass is 431 g/mol. The molecule has 30 heavy (non-hydrogen) atoms.